The van der Waals surface area contributed by atoms with Crippen LogP contribution in [0.1, 0.15) is 172 Å². The summed E-state index contributed by atoms with van der Waals surface area (Å²) < 4.78 is 0. The maximum Gasteiger partial charge on any atom is 2.00 e. The van der Waals surface area contributed by atoms with E-state index in [-0.39, 0.29) is 28.0 Å². The molecule has 3 rings (SSSR count). The van der Waals surface area contributed by atoms with Gasteiger partial charge in [0.2, 0.25) is 0 Å². The van der Waals surface area contributed by atoms with Gasteiger partial charge in [-0.25, -0.2) is 0 Å². The average molecular weight is 764 g/mol. The zero-order valence-corrected chi connectivity index (χ0v) is 34.9. The van der Waals surface area contributed by atoms with Gasteiger partial charge in [-0.3, -0.25) is 9.98 Å². The second-order valence-electron chi connectivity index (χ2n) is 14.1. The first-order valence-electron chi connectivity index (χ1n) is 20.6. The zero-order chi connectivity index (χ0) is 37.8. The van der Waals surface area contributed by atoms with Gasteiger partial charge in [-0.15, -0.1) is 11.5 Å². The summed E-state index contributed by atoms with van der Waals surface area (Å²) in [6.45, 7) is 12.7. The quantitative estimate of drug-likeness (QED) is 0.0442. The van der Waals surface area contributed by atoms with Crippen LogP contribution in [-0.4, -0.2) is 11.9 Å². The van der Waals surface area contributed by atoms with Crippen molar-refractivity contribution in [2.24, 2.45) is 9.98 Å². The Morgan fingerprint density at radius 2 is 1.25 bits per heavy atom. The molecule has 0 aromatic heterocycles. The molecule has 0 heterocycles. The van der Waals surface area contributed by atoms with Crippen molar-refractivity contribution in [2.45, 2.75) is 170 Å². The molecule has 5 heteroatoms. The van der Waals surface area contributed by atoms with Gasteiger partial charge >= 0.3 is 16.5 Å². The third-order valence-electron chi connectivity index (χ3n) is 9.55. The van der Waals surface area contributed by atoms with Crippen molar-refractivity contribution in [1.82, 2.24) is 0 Å². The number of rotatable bonds is 22. The first-order chi connectivity index (χ1) is 25.4. The number of aliphatic imine (C=N–C) groups is 2. The second kappa shape index (κ2) is 30.0. The van der Waals surface area contributed by atoms with Gasteiger partial charge in [-0.05, 0) is 93.3 Å². The van der Waals surface area contributed by atoms with Crippen LogP contribution < -0.4 is 10.2 Å². The summed E-state index contributed by atoms with van der Waals surface area (Å²) in [6, 6.07) is 18.4. The van der Waals surface area contributed by atoms with E-state index in [1.54, 1.807) is 19.1 Å². The number of unbranched alkanes of at least 4 members (excludes halogenated alkanes) is 13. The molecule has 3 aromatic carbocycles. The van der Waals surface area contributed by atoms with E-state index in [1.807, 2.05) is 6.21 Å². The molecule has 0 spiro atoms. The van der Waals surface area contributed by atoms with Gasteiger partial charge in [0.25, 0.3) is 0 Å². The molecule has 0 aliphatic rings. The second-order valence-corrected chi connectivity index (χ2v) is 14.1. The van der Waals surface area contributed by atoms with Crippen molar-refractivity contribution >= 4 is 23.3 Å². The molecule has 0 fully saturated rings. The van der Waals surface area contributed by atoms with E-state index in [2.05, 4.69) is 88.9 Å². The van der Waals surface area contributed by atoms with E-state index in [0.29, 0.717) is 11.1 Å². The summed E-state index contributed by atoms with van der Waals surface area (Å²) in [5, 5.41) is 22.8. The van der Waals surface area contributed by atoms with Crippen LogP contribution in [0.4, 0.5) is 11.4 Å². The van der Waals surface area contributed by atoms with E-state index in [0.717, 1.165) is 86.9 Å². The van der Waals surface area contributed by atoms with Crippen LogP contribution in [0, 0.1) is 18.8 Å². The fourth-order valence-electron chi connectivity index (χ4n) is 6.17. The molecule has 0 amide bonds. The molecule has 0 atom stereocenters. The largest absolute Gasteiger partial charge is 2.00 e. The van der Waals surface area contributed by atoms with Gasteiger partial charge in [0.15, 0.2) is 0 Å². The van der Waals surface area contributed by atoms with Crippen LogP contribution in [-0.2, 0) is 35.8 Å². The Morgan fingerprint density at radius 3 is 1.91 bits per heavy atom. The van der Waals surface area contributed by atoms with E-state index in [4.69, 9.17) is 9.98 Å². The van der Waals surface area contributed by atoms with Gasteiger partial charge < -0.3 is 10.2 Å². The Balaban J connectivity index is 0.000000784. The Kier molecular flexibility index (Phi) is 27.0. The Labute approximate surface area is 334 Å². The van der Waals surface area contributed by atoms with Crippen molar-refractivity contribution in [3.8, 4) is 23.3 Å². The molecule has 3 aromatic rings. The number of benzene rings is 3. The van der Waals surface area contributed by atoms with Crippen LogP contribution in [0.2, 0.25) is 0 Å². The summed E-state index contributed by atoms with van der Waals surface area (Å²) in [5.41, 5.74) is 8.07. The topological polar surface area (TPSA) is 70.8 Å². The van der Waals surface area contributed by atoms with Crippen molar-refractivity contribution in [1.29, 1.82) is 0 Å². The fourth-order valence-corrected chi connectivity index (χ4v) is 6.17. The zero-order valence-electron chi connectivity index (χ0n) is 33.9. The molecule has 0 radical (unpaired) electrons. The monoisotopic (exact) mass is 762 g/mol. The molecule has 0 saturated carbocycles. The van der Waals surface area contributed by atoms with Gasteiger partial charge in [-0.1, -0.05) is 159 Å². The van der Waals surface area contributed by atoms with Crippen LogP contribution >= 0.6 is 0 Å². The van der Waals surface area contributed by atoms with E-state index in [1.165, 1.54) is 75.3 Å². The molecule has 0 aliphatic carbocycles. The van der Waals surface area contributed by atoms with E-state index in [9.17, 15) is 10.2 Å². The smallest absolute Gasteiger partial charge is 0.873 e. The molecule has 0 saturated heterocycles. The third-order valence-corrected chi connectivity index (χ3v) is 9.55. The molecule has 4 nitrogen and oxygen atoms in total. The molecule has 0 aliphatic heterocycles. The molecular weight excluding hydrogens is 695 g/mol. The predicted molar refractivity (Wildman–Crippen MR) is 223 cm³/mol. The first kappa shape index (κ1) is 47.7. The molecular formula is C48H68N2NiO2. The Hall–Kier alpha value is -3.35. The Bertz CT molecular complexity index is 1550. The third kappa shape index (κ3) is 20.1. The SMILES string of the molecule is CCCCCCCCCCCCC#Cc1cccc(N=C(C=Nc2ccc(CC)c(CC)c2)CCCC)c1.CCCCCc1ccc(C)c([O-])c1[O-].[Ni+2]. The normalized spacial score (nSPS) is 11.1. The molecule has 0 N–H and O–H groups in total. The number of hydrogen-bond acceptors (Lipinski definition) is 4. The molecule has 0 bridgehead atoms. The maximum absolute atomic E-state index is 11.5. The summed E-state index contributed by atoms with van der Waals surface area (Å²) in [7, 11) is 0. The molecule has 53 heavy (non-hydrogen) atoms. The van der Waals surface area contributed by atoms with Gasteiger partial charge in [-0.2, -0.15) is 0 Å². The van der Waals surface area contributed by atoms with Gasteiger partial charge in [0, 0.05) is 18.2 Å². The van der Waals surface area contributed by atoms with Crippen molar-refractivity contribution < 1.29 is 26.7 Å². The molecule has 292 valence electrons. The van der Waals surface area contributed by atoms with Gasteiger partial charge in [0.1, 0.15) is 0 Å². The fraction of sp³-hybridized carbons (Fsp3) is 0.542. The summed E-state index contributed by atoms with van der Waals surface area (Å²) in [5.74, 6) is 6.11. The predicted octanol–water partition coefficient (Wildman–Crippen LogP) is 13.0. The van der Waals surface area contributed by atoms with Crippen LogP contribution in [0.25, 0.3) is 0 Å². The van der Waals surface area contributed by atoms with Crippen LogP contribution in [0.15, 0.2) is 64.6 Å². The summed E-state index contributed by atoms with van der Waals surface area (Å²) in [4.78, 5) is 9.75. The van der Waals surface area contributed by atoms with Crippen molar-refractivity contribution in [3.63, 3.8) is 0 Å². The number of nitrogens with zero attached hydrogens (tertiary/aromatic N) is 2. The van der Waals surface area contributed by atoms with Crippen LogP contribution in [0.5, 0.6) is 11.5 Å². The van der Waals surface area contributed by atoms with Crippen LogP contribution in [0.3, 0.4) is 0 Å². The first-order valence-corrected chi connectivity index (χ1v) is 20.6. The van der Waals surface area contributed by atoms with Crippen molar-refractivity contribution in [3.05, 3.63) is 82.4 Å². The average Bonchev–Trinajstić information content (AvgIpc) is 3.16. The number of hydrogen-bond donors (Lipinski definition) is 0. The summed E-state index contributed by atoms with van der Waals surface area (Å²) >= 11 is 0. The minimum Gasteiger partial charge on any atom is -0.873 e. The minimum absolute atomic E-state index is 0. The summed E-state index contributed by atoms with van der Waals surface area (Å²) in [6.07, 6.45) is 25.8. The molecule has 0 unspecified atom stereocenters. The Morgan fingerprint density at radius 1 is 0.623 bits per heavy atom. The van der Waals surface area contributed by atoms with E-state index >= 15 is 0 Å². The minimum atomic E-state index is -0.334. The standard InChI is InChI=1S/C36H52N2.C12H18O2.Ni/c1-5-9-11-12-13-14-15-16-17-18-19-20-22-31-23-21-25-35(28-31)38-36(24-10-6-2)30-37-34-27-26-32(7-3)33(8-4)29-34;1-3-4-5-6-10-8-7-9(2)11(13)12(10)14;/h21,23,25-30H,5-19,24H2,1-4H3;7-8,13-14H,3-6H2,1-2H3;/q;;+2/p-2. The maximum atomic E-state index is 11.5. The van der Waals surface area contributed by atoms with Gasteiger partial charge in [0.05, 0.1) is 17.1 Å². The van der Waals surface area contributed by atoms with Crippen molar-refractivity contribution in [2.75, 3.05) is 0 Å². The van der Waals surface area contributed by atoms with E-state index < -0.39 is 0 Å². The number of aryl methyl sites for hydroxylation is 4.